The molecule has 0 atom stereocenters. The van der Waals surface area contributed by atoms with E-state index in [-0.39, 0.29) is 0 Å². The highest BCUT2D eigenvalue weighted by molar-refractivity contribution is 5.48. The monoisotopic (exact) mass is 267 g/mol. The Hall–Kier alpha value is -2.06. The summed E-state index contributed by atoms with van der Waals surface area (Å²) >= 11 is 0. The van der Waals surface area contributed by atoms with Gasteiger partial charge >= 0.3 is 0 Å². The highest BCUT2D eigenvalue weighted by atomic mass is 16.5. The summed E-state index contributed by atoms with van der Waals surface area (Å²) in [7, 11) is 0. The summed E-state index contributed by atoms with van der Waals surface area (Å²) in [5, 5.41) is 0. The van der Waals surface area contributed by atoms with Crippen molar-refractivity contribution >= 4 is 6.08 Å². The minimum Gasteiger partial charge on any atom is -0.489 e. The minimum atomic E-state index is 0.565. The second kappa shape index (κ2) is 7.51. The van der Waals surface area contributed by atoms with Crippen LogP contribution in [0.4, 0.5) is 0 Å². The fourth-order valence-corrected chi connectivity index (χ4v) is 2.09. The Labute approximate surface area is 120 Å². The standard InChI is InChI=1S/C18H21NO/c1-15-9-10-18(17(14-15)11-12-19)20-13-5-8-16-6-3-2-4-7-16/h2-10,14H,11-13,19H2,1H3. The fourth-order valence-electron chi connectivity index (χ4n) is 2.09. The molecule has 0 saturated carbocycles. The Balaban J connectivity index is 1.95. The highest BCUT2D eigenvalue weighted by Gasteiger charge is 2.02. The van der Waals surface area contributed by atoms with Gasteiger partial charge in [-0.1, -0.05) is 54.1 Å². The molecule has 0 fully saturated rings. The van der Waals surface area contributed by atoms with Crippen LogP contribution in [0.25, 0.3) is 6.08 Å². The third-order valence-electron chi connectivity index (χ3n) is 3.07. The van der Waals surface area contributed by atoms with E-state index >= 15 is 0 Å². The number of hydrogen-bond donors (Lipinski definition) is 1. The van der Waals surface area contributed by atoms with Crippen molar-refractivity contribution in [3.8, 4) is 5.75 Å². The molecule has 0 aromatic heterocycles. The molecule has 0 heterocycles. The van der Waals surface area contributed by atoms with Gasteiger partial charge in [-0.2, -0.15) is 0 Å². The van der Waals surface area contributed by atoms with Gasteiger partial charge in [-0.15, -0.1) is 0 Å². The van der Waals surface area contributed by atoms with Gasteiger partial charge in [0.1, 0.15) is 12.4 Å². The second-order valence-corrected chi connectivity index (χ2v) is 4.77. The molecule has 2 nitrogen and oxygen atoms in total. The van der Waals surface area contributed by atoms with Gasteiger partial charge in [-0.3, -0.25) is 0 Å². The predicted octanol–water partition coefficient (Wildman–Crippen LogP) is 3.59. The van der Waals surface area contributed by atoms with Gasteiger partial charge in [0.15, 0.2) is 0 Å². The van der Waals surface area contributed by atoms with E-state index in [1.165, 1.54) is 16.7 Å². The van der Waals surface area contributed by atoms with Crippen LogP contribution in [0.3, 0.4) is 0 Å². The molecule has 0 bridgehead atoms. The van der Waals surface area contributed by atoms with Crippen LogP contribution in [0.5, 0.6) is 5.75 Å². The molecular weight excluding hydrogens is 246 g/mol. The molecule has 0 amide bonds. The van der Waals surface area contributed by atoms with Gasteiger partial charge in [0, 0.05) is 0 Å². The third kappa shape index (κ3) is 4.25. The van der Waals surface area contributed by atoms with Crippen LogP contribution in [-0.4, -0.2) is 13.2 Å². The summed E-state index contributed by atoms with van der Waals surface area (Å²) in [5.41, 5.74) is 9.24. The van der Waals surface area contributed by atoms with Crippen molar-refractivity contribution in [2.75, 3.05) is 13.2 Å². The number of hydrogen-bond acceptors (Lipinski definition) is 2. The van der Waals surface area contributed by atoms with E-state index in [0.29, 0.717) is 13.2 Å². The Morgan fingerprint density at radius 1 is 1.10 bits per heavy atom. The van der Waals surface area contributed by atoms with Crippen molar-refractivity contribution in [2.45, 2.75) is 13.3 Å². The number of benzene rings is 2. The van der Waals surface area contributed by atoms with Gasteiger partial charge in [0.25, 0.3) is 0 Å². The zero-order valence-corrected chi connectivity index (χ0v) is 11.9. The van der Waals surface area contributed by atoms with Gasteiger partial charge in [-0.05, 0) is 43.2 Å². The van der Waals surface area contributed by atoms with Crippen LogP contribution in [0, 0.1) is 6.92 Å². The van der Waals surface area contributed by atoms with Crippen LogP contribution in [0.15, 0.2) is 54.6 Å². The van der Waals surface area contributed by atoms with E-state index in [1.807, 2.05) is 30.3 Å². The smallest absolute Gasteiger partial charge is 0.123 e. The van der Waals surface area contributed by atoms with E-state index in [2.05, 4.69) is 37.3 Å². The lowest BCUT2D eigenvalue weighted by atomic mass is 10.1. The first kappa shape index (κ1) is 14.4. The zero-order chi connectivity index (χ0) is 14.2. The Bertz CT molecular complexity index is 561. The van der Waals surface area contributed by atoms with Crippen LogP contribution in [0.1, 0.15) is 16.7 Å². The lowest BCUT2D eigenvalue weighted by Gasteiger charge is -2.10. The van der Waals surface area contributed by atoms with E-state index in [1.54, 1.807) is 0 Å². The number of ether oxygens (including phenoxy) is 1. The highest BCUT2D eigenvalue weighted by Crippen LogP contribution is 2.20. The van der Waals surface area contributed by atoms with Gasteiger partial charge < -0.3 is 10.5 Å². The van der Waals surface area contributed by atoms with Gasteiger partial charge in [-0.25, -0.2) is 0 Å². The molecule has 2 aromatic rings. The topological polar surface area (TPSA) is 35.2 Å². The van der Waals surface area contributed by atoms with Crippen molar-refractivity contribution in [2.24, 2.45) is 5.73 Å². The van der Waals surface area contributed by atoms with E-state index in [4.69, 9.17) is 10.5 Å². The van der Waals surface area contributed by atoms with E-state index in [0.717, 1.165) is 12.2 Å². The van der Waals surface area contributed by atoms with E-state index in [9.17, 15) is 0 Å². The number of aryl methyl sites for hydroxylation is 1. The fraction of sp³-hybridized carbons (Fsp3) is 0.222. The third-order valence-corrected chi connectivity index (χ3v) is 3.07. The lowest BCUT2D eigenvalue weighted by Crippen LogP contribution is -2.05. The maximum Gasteiger partial charge on any atom is 0.123 e. The molecule has 0 spiro atoms. The Morgan fingerprint density at radius 2 is 1.90 bits per heavy atom. The summed E-state index contributed by atoms with van der Waals surface area (Å²) < 4.78 is 5.82. The first-order valence-corrected chi connectivity index (χ1v) is 6.93. The maximum atomic E-state index is 5.82. The molecule has 0 aliphatic carbocycles. The van der Waals surface area contributed by atoms with E-state index < -0.39 is 0 Å². The molecule has 20 heavy (non-hydrogen) atoms. The summed E-state index contributed by atoms with van der Waals surface area (Å²) in [5.74, 6) is 0.929. The molecule has 2 aromatic carbocycles. The lowest BCUT2D eigenvalue weighted by molar-refractivity contribution is 0.359. The summed E-state index contributed by atoms with van der Waals surface area (Å²) in [4.78, 5) is 0. The Morgan fingerprint density at radius 3 is 2.65 bits per heavy atom. The van der Waals surface area contributed by atoms with Crippen LogP contribution in [0.2, 0.25) is 0 Å². The van der Waals surface area contributed by atoms with Crippen molar-refractivity contribution < 1.29 is 4.74 Å². The molecule has 0 radical (unpaired) electrons. The molecule has 0 saturated heterocycles. The summed E-state index contributed by atoms with van der Waals surface area (Å²) in [6, 6.07) is 16.4. The molecule has 2 N–H and O–H groups in total. The van der Waals surface area contributed by atoms with Gasteiger partial charge in [0.2, 0.25) is 0 Å². The summed E-state index contributed by atoms with van der Waals surface area (Å²) in [6.45, 7) is 3.29. The maximum absolute atomic E-state index is 5.82. The molecule has 104 valence electrons. The van der Waals surface area contributed by atoms with Crippen LogP contribution < -0.4 is 10.5 Å². The molecular formula is C18H21NO. The zero-order valence-electron chi connectivity index (χ0n) is 11.9. The first-order chi connectivity index (χ1) is 9.79. The molecule has 2 rings (SSSR count). The second-order valence-electron chi connectivity index (χ2n) is 4.77. The van der Waals surface area contributed by atoms with Crippen LogP contribution >= 0.6 is 0 Å². The van der Waals surface area contributed by atoms with Crippen molar-refractivity contribution in [1.29, 1.82) is 0 Å². The minimum absolute atomic E-state index is 0.565. The number of rotatable bonds is 6. The average molecular weight is 267 g/mol. The Kier molecular flexibility index (Phi) is 5.39. The quantitative estimate of drug-likeness (QED) is 0.868. The molecule has 2 heteroatoms. The van der Waals surface area contributed by atoms with Crippen molar-refractivity contribution in [3.63, 3.8) is 0 Å². The molecule has 0 unspecified atom stereocenters. The largest absolute Gasteiger partial charge is 0.489 e. The average Bonchev–Trinajstić information content (AvgIpc) is 2.47. The molecule has 0 aliphatic rings. The molecule has 0 aliphatic heterocycles. The van der Waals surface area contributed by atoms with Gasteiger partial charge in [0.05, 0.1) is 0 Å². The predicted molar refractivity (Wildman–Crippen MR) is 84.9 cm³/mol. The van der Waals surface area contributed by atoms with Crippen molar-refractivity contribution in [3.05, 3.63) is 71.3 Å². The van der Waals surface area contributed by atoms with Crippen LogP contribution in [-0.2, 0) is 6.42 Å². The number of nitrogens with two attached hydrogens (primary N) is 1. The summed E-state index contributed by atoms with van der Waals surface area (Å²) in [6.07, 6.45) is 4.94. The SMILES string of the molecule is Cc1ccc(OCC=Cc2ccccc2)c(CCN)c1. The van der Waals surface area contributed by atoms with Crippen molar-refractivity contribution in [1.82, 2.24) is 0 Å². The normalized spacial score (nSPS) is 10.9. The first-order valence-electron chi connectivity index (χ1n) is 6.93.